The maximum Gasteiger partial charge on any atom is 0.0695 e. The minimum atomic E-state index is 0.856. The molecule has 0 spiro atoms. The SMILES string of the molecule is CCNCc1cn[nH]c1-c1ccc(C)c(C)c1. The predicted molar refractivity (Wildman–Crippen MR) is 70.9 cm³/mol. The van der Waals surface area contributed by atoms with Crippen LogP contribution in [0, 0.1) is 13.8 Å². The molecule has 0 atom stereocenters. The average Bonchev–Trinajstić information content (AvgIpc) is 2.78. The van der Waals surface area contributed by atoms with Crippen LogP contribution in [0.25, 0.3) is 11.3 Å². The molecular weight excluding hydrogens is 210 g/mol. The lowest BCUT2D eigenvalue weighted by atomic mass is 10.0. The number of nitrogens with zero attached hydrogens (tertiary/aromatic N) is 1. The van der Waals surface area contributed by atoms with Crippen LogP contribution in [0.15, 0.2) is 24.4 Å². The first-order chi connectivity index (χ1) is 8.22. The Bertz CT molecular complexity index is 500. The first-order valence-corrected chi connectivity index (χ1v) is 6.03. The van der Waals surface area contributed by atoms with Gasteiger partial charge >= 0.3 is 0 Å². The van der Waals surface area contributed by atoms with E-state index in [9.17, 15) is 0 Å². The molecule has 0 bridgehead atoms. The van der Waals surface area contributed by atoms with E-state index in [1.54, 1.807) is 0 Å². The third-order valence-electron chi connectivity index (χ3n) is 3.08. The van der Waals surface area contributed by atoms with Gasteiger partial charge in [-0.25, -0.2) is 0 Å². The molecule has 1 aromatic carbocycles. The molecule has 1 heterocycles. The van der Waals surface area contributed by atoms with Crippen LogP contribution in [-0.4, -0.2) is 16.7 Å². The van der Waals surface area contributed by atoms with Crippen molar-refractivity contribution < 1.29 is 0 Å². The van der Waals surface area contributed by atoms with Crippen molar-refractivity contribution in [3.63, 3.8) is 0 Å². The predicted octanol–water partition coefficient (Wildman–Crippen LogP) is 2.80. The Kier molecular flexibility index (Phi) is 3.59. The molecule has 0 saturated carbocycles. The average molecular weight is 229 g/mol. The highest BCUT2D eigenvalue weighted by molar-refractivity contribution is 5.64. The van der Waals surface area contributed by atoms with Gasteiger partial charge in [0.15, 0.2) is 0 Å². The van der Waals surface area contributed by atoms with Crippen molar-refractivity contribution in [1.29, 1.82) is 0 Å². The van der Waals surface area contributed by atoms with Crippen molar-refractivity contribution in [2.75, 3.05) is 6.54 Å². The standard InChI is InChI=1S/C14H19N3/c1-4-15-8-13-9-16-17-14(13)12-6-5-10(2)11(3)7-12/h5-7,9,15H,4,8H2,1-3H3,(H,16,17). The van der Waals surface area contributed by atoms with Crippen LogP contribution in [0.4, 0.5) is 0 Å². The van der Waals surface area contributed by atoms with E-state index >= 15 is 0 Å². The zero-order valence-electron chi connectivity index (χ0n) is 10.7. The second-order valence-corrected chi connectivity index (χ2v) is 4.35. The summed E-state index contributed by atoms with van der Waals surface area (Å²) in [6.07, 6.45) is 1.90. The monoisotopic (exact) mass is 229 g/mol. The summed E-state index contributed by atoms with van der Waals surface area (Å²) in [5.74, 6) is 0. The lowest BCUT2D eigenvalue weighted by Crippen LogP contribution is -2.11. The summed E-state index contributed by atoms with van der Waals surface area (Å²) < 4.78 is 0. The number of benzene rings is 1. The van der Waals surface area contributed by atoms with Crippen LogP contribution in [0.1, 0.15) is 23.6 Å². The largest absolute Gasteiger partial charge is 0.313 e. The minimum absolute atomic E-state index is 0.856. The molecule has 2 rings (SSSR count). The van der Waals surface area contributed by atoms with Crippen LogP contribution in [-0.2, 0) is 6.54 Å². The molecule has 0 saturated heterocycles. The number of nitrogens with one attached hydrogen (secondary N) is 2. The van der Waals surface area contributed by atoms with Crippen LogP contribution >= 0.6 is 0 Å². The molecule has 0 amide bonds. The van der Waals surface area contributed by atoms with E-state index in [0.29, 0.717) is 0 Å². The van der Waals surface area contributed by atoms with Crippen molar-refractivity contribution >= 4 is 0 Å². The van der Waals surface area contributed by atoms with Gasteiger partial charge in [0.05, 0.1) is 11.9 Å². The molecule has 0 unspecified atom stereocenters. The van der Waals surface area contributed by atoms with Gasteiger partial charge in [0.2, 0.25) is 0 Å². The smallest absolute Gasteiger partial charge is 0.0695 e. The van der Waals surface area contributed by atoms with Crippen molar-refractivity contribution in [2.24, 2.45) is 0 Å². The first-order valence-electron chi connectivity index (χ1n) is 6.03. The second-order valence-electron chi connectivity index (χ2n) is 4.35. The molecule has 3 heteroatoms. The molecule has 1 aromatic heterocycles. The Labute approximate surface area is 102 Å². The fraction of sp³-hybridized carbons (Fsp3) is 0.357. The first kappa shape index (κ1) is 11.9. The lowest BCUT2D eigenvalue weighted by molar-refractivity contribution is 0.728. The fourth-order valence-corrected chi connectivity index (χ4v) is 1.85. The van der Waals surface area contributed by atoms with E-state index in [2.05, 4.69) is 54.5 Å². The van der Waals surface area contributed by atoms with E-state index in [1.165, 1.54) is 22.3 Å². The molecule has 2 N–H and O–H groups in total. The molecule has 17 heavy (non-hydrogen) atoms. The van der Waals surface area contributed by atoms with E-state index in [-0.39, 0.29) is 0 Å². The number of hydrogen-bond donors (Lipinski definition) is 2. The van der Waals surface area contributed by atoms with Crippen LogP contribution in [0.2, 0.25) is 0 Å². The molecule has 3 nitrogen and oxygen atoms in total. The normalized spacial score (nSPS) is 10.8. The quantitative estimate of drug-likeness (QED) is 0.846. The molecule has 90 valence electrons. The highest BCUT2D eigenvalue weighted by Gasteiger charge is 2.07. The van der Waals surface area contributed by atoms with Crippen molar-refractivity contribution in [1.82, 2.24) is 15.5 Å². The second kappa shape index (κ2) is 5.15. The van der Waals surface area contributed by atoms with E-state index in [1.807, 2.05) is 6.20 Å². The molecule has 0 radical (unpaired) electrons. The summed E-state index contributed by atoms with van der Waals surface area (Å²) in [5, 5.41) is 10.6. The lowest BCUT2D eigenvalue weighted by Gasteiger charge is -2.06. The number of rotatable bonds is 4. The number of hydrogen-bond acceptors (Lipinski definition) is 2. The topological polar surface area (TPSA) is 40.7 Å². The summed E-state index contributed by atoms with van der Waals surface area (Å²) >= 11 is 0. The Morgan fingerprint density at radius 1 is 1.24 bits per heavy atom. The van der Waals surface area contributed by atoms with E-state index in [4.69, 9.17) is 0 Å². The minimum Gasteiger partial charge on any atom is -0.313 e. The molecule has 0 fully saturated rings. The highest BCUT2D eigenvalue weighted by atomic mass is 15.1. The van der Waals surface area contributed by atoms with Gasteiger partial charge in [-0.05, 0) is 37.6 Å². The molecule has 0 aliphatic rings. The molecule has 0 aliphatic carbocycles. The molecule has 2 aromatic rings. The Hall–Kier alpha value is -1.61. The highest BCUT2D eigenvalue weighted by Crippen LogP contribution is 2.23. The number of aromatic nitrogens is 2. The van der Waals surface area contributed by atoms with Gasteiger partial charge < -0.3 is 5.32 Å². The zero-order chi connectivity index (χ0) is 12.3. The third-order valence-corrected chi connectivity index (χ3v) is 3.08. The Balaban J connectivity index is 2.32. The van der Waals surface area contributed by atoms with Gasteiger partial charge in [-0.2, -0.15) is 5.10 Å². The Morgan fingerprint density at radius 2 is 2.06 bits per heavy atom. The van der Waals surface area contributed by atoms with E-state index in [0.717, 1.165) is 18.8 Å². The maximum atomic E-state index is 4.14. The maximum absolute atomic E-state index is 4.14. The number of aryl methyl sites for hydroxylation is 2. The van der Waals surface area contributed by atoms with Gasteiger partial charge in [0.25, 0.3) is 0 Å². The van der Waals surface area contributed by atoms with Gasteiger partial charge in [0, 0.05) is 17.7 Å². The summed E-state index contributed by atoms with van der Waals surface area (Å²) in [4.78, 5) is 0. The fourth-order valence-electron chi connectivity index (χ4n) is 1.85. The van der Waals surface area contributed by atoms with Crippen LogP contribution < -0.4 is 5.32 Å². The molecular formula is C14H19N3. The van der Waals surface area contributed by atoms with Crippen molar-refractivity contribution in [3.8, 4) is 11.3 Å². The van der Waals surface area contributed by atoms with Crippen LogP contribution in [0.3, 0.4) is 0 Å². The van der Waals surface area contributed by atoms with Gasteiger partial charge in [-0.1, -0.05) is 19.1 Å². The summed E-state index contributed by atoms with van der Waals surface area (Å²) in [7, 11) is 0. The van der Waals surface area contributed by atoms with E-state index < -0.39 is 0 Å². The summed E-state index contributed by atoms with van der Waals surface area (Å²) in [6, 6.07) is 6.51. The van der Waals surface area contributed by atoms with Crippen molar-refractivity contribution in [3.05, 3.63) is 41.1 Å². The van der Waals surface area contributed by atoms with Gasteiger partial charge in [0.1, 0.15) is 0 Å². The van der Waals surface area contributed by atoms with Gasteiger partial charge in [-0.3, -0.25) is 5.10 Å². The summed E-state index contributed by atoms with van der Waals surface area (Å²) in [5.41, 5.74) is 6.18. The number of H-pyrrole nitrogens is 1. The Morgan fingerprint density at radius 3 is 2.76 bits per heavy atom. The zero-order valence-corrected chi connectivity index (χ0v) is 10.7. The number of aromatic amines is 1. The summed E-state index contributed by atoms with van der Waals surface area (Å²) in [6.45, 7) is 8.20. The van der Waals surface area contributed by atoms with Gasteiger partial charge in [-0.15, -0.1) is 0 Å². The van der Waals surface area contributed by atoms with Crippen LogP contribution in [0.5, 0.6) is 0 Å². The van der Waals surface area contributed by atoms with Crippen molar-refractivity contribution in [2.45, 2.75) is 27.3 Å². The third kappa shape index (κ3) is 2.56. The molecule has 0 aliphatic heterocycles.